The van der Waals surface area contributed by atoms with E-state index in [9.17, 15) is 5.11 Å². The van der Waals surface area contributed by atoms with Crippen molar-refractivity contribution in [3.8, 4) is 5.75 Å². The normalized spacial score (nSPS) is 12.3. The second-order valence-electron chi connectivity index (χ2n) is 5.79. The molecule has 0 aliphatic carbocycles. The number of ether oxygens (including phenoxy) is 2. The van der Waals surface area contributed by atoms with Gasteiger partial charge in [0, 0.05) is 17.5 Å². The van der Waals surface area contributed by atoms with Crippen LogP contribution in [0.2, 0.25) is 0 Å². The molecule has 1 atom stereocenters. The molecule has 0 saturated carbocycles. The van der Waals surface area contributed by atoms with Crippen molar-refractivity contribution in [2.45, 2.75) is 26.2 Å². The van der Waals surface area contributed by atoms with E-state index in [2.05, 4.69) is 20.9 Å². The summed E-state index contributed by atoms with van der Waals surface area (Å²) in [5.41, 5.74) is 2.93. The number of pyridine rings is 1. The molecule has 0 aliphatic rings. The first-order valence-electron chi connectivity index (χ1n) is 8.16. The zero-order chi connectivity index (χ0) is 17.6. The van der Waals surface area contributed by atoms with Crippen LogP contribution in [0.5, 0.6) is 5.75 Å². The maximum atomic E-state index is 9.94. The molecule has 0 radical (unpaired) electrons. The summed E-state index contributed by atoms with van der Waals surface area (Å²) in [6.45, 7) is 2.71. The lowest BCUT2D eigenvalue weighted by molar-refractivity contribution is -0.116. The molecule has 25 heavy (non-hydrogen) atoms. The van der Waals surface area contributed by atoms with Gasteiger partial charge in [0.05, 0.1) is 23.2 Å². The van der Waals surface area contributed by atoms with Crippen LogP contribution in [-0.4, -0.2) is 23.0 Å². The average Bonchev–Trinajstić information content (AvgIpc) is 2.63. The van der Waals surface area contributed by atoms with Crippen molar-refractivity contribution in [2.24, 2.45) is 0 Å². The maximum absolute atomic E-state index is 9.94. The van der Waals surface area contributed by atoms with Crippen LogP contribution in [0.15, 0.2) is 59.1 Å². The van der Waals surface area contributed by atoms with Crippen molar-refractivity contribution in [1.82, 2.24) is 4.98 Å². The number of halogens is 1. The Bertz CT molecular complexity index is 839. The molecule has 1 aromatic heterocycles. The smallest absolute Gasteiger partial charge is 0.158 e. The first-order chi connectivity index (χ1) is 12.1. The van der Waals surface area contributed by atoms with E-state index in [0.717, 1.165) is 32.4 Å². The van der Waals surface area contributed by atoms with E-state index in [-0.39, 0.29) is 0 Å². The fraction of sp³-hybridized carbons (Fsp3) is 0.250. The summed E-state index contributed by atoms with van der Waals surface area (Å²) in [5.74, 6) is 0.730. The second kappa shape index (κ2) is 8.43. The molecule has 0 bridgehead atoms. The van der Waals surface area contributed by atoms with Gasteiger partial charge in [-0.25, -0.2) is 0 Å². The fourth-order valence-electron chi connectivity index (χ4n) is 2.48. The number of hydrogen-bond donors (Lipinski definition) is 1. The lowest BCUT2D eigenvalue weighted by Gasteiger charge is -2.14. The fourth-order valence-corrected chi connectivity index (χ4v) is 3.06. The van der Waals surface area contributed by atoms with Crippen molar-refractivity contribution < 1.29 is 14.6 Å². The van der Waals surface area contributed by atoms with Crippen LogP contribution in [0.4, 0.5) is 0 Å². The first-order valence-corrected chi connectivity index (χ1v) is 8.95. The van der Waals surface area contributed by atoms with Crippen LogP contribution < -0.4 is 4.74 Å². The Kier molecular flexibility index (Phi) is 6.02. The highest BCUT2D eigenvalue weighted by Crippen LogP contribution is 2.32. The zero-order valence-electron chi connectivity index (χ0n) is 14.0. The van der Waals surface area contributed by atoms with E-state index in [4.69, 9.17) is 9.47 Å². The lowest BCUT2D eigenvalue weighted by atomic mass is 10.2. The van der Waals surface area contributed by atoms with Gasteiger partial charge in [-0.1, -0.05) is 30.3 Å². The Morgan fingerprint density at radius 2 is 1.88 bits per heavy atom. The molecular weight excluding hydrogens is 382 g/mol. The largest absolute Gasteiger partial charge is 0.492 e. The van der Waals surface area contributed by atoms with Gasteiger partial charge in [0.2, 0.25) is 0 Å². The molecule has 0 fully saturated rings. The molecule has 3 rings (SSSR count). The number of aliphatic hydroxyl groups excluding tert-OH is 1. The summed E-state index contributed by atoms with van der Waals surface area (Å²) in [6.07, 6.45) is -0.465. The highest BCUT2D eigenvalue weighted by Gasteiger charge is 2.09. The van der Waals surface area contributed by atoms with Crippen molar-refractivity contribution in [2.75, 3.05) is 6.61 Å². The highest BCUT2D eigenvalue weighted by atomic mass is 79.9. The van der Waals surface area contributed by atoms with Crippen LogP contribution in [0.1, 0.15) is 17.7 Å². The summed E-state index contributed by atoms with van der Waals surface area (Å²) in [4.78, 5) is 4.49. The minimum atomic E-state index is -0.858. The molecule has 0 spiro atoms. The molecule has 1 unspecified atom stereocenters. The molecule has 0 amide bonds. The minimum absolute atomic E-state index is 0.360. The average molecular weight is 402 g/mol. The van der Waals surface area contributed by atoms with Gasteiger partial charge in [0.1, 0.15) is 5.75 Å². The number of aromatic nitrogens is 1. The van der Waals surface area contributed by atoms with Crippen molar-refractivity contribution >= 4 is 26.8 Å². The molecule has 1 N–H and O–H groups in total. The van der Waals surface area contributed by atoms with Gasteiger partial charge in [-0.3, -0.25) is 4.98 Å². The number of aliphatic hydroxyl groups is 1. The van der Waals surface area contributed by atoms with Gasteiger partial charge in [-0.2, -0.15) is 0 Å². The van der Waals surface area contributed by atoms with E-state index in [1.54, 1.807) is 0 Å². The molecule has 1 heterocycles. The SMILES string of the molecule is Cc1ccc2c(Br)c(OCCC(O)OCc3ccccc3)ccc2n1. The van der Waals surface area contributed by atoms with Gasteiger partial charge < -0.3 is 14.6 Å². The van der Waals surface area contributed by atoms with Crippen molar-refractivity contribution in [3.05, 3.63) is 70.3 Å². The topological polar surface area (TPSA) is 51.6 Å². The standard InChI is InChI=1S/C20H20BrNO3/c1-14-7-8-16-17(22-14)9-10-18(20(16)21)24-12-11-19(23)25-13-15-5-3-2-4-6-15/h2-10,19,23H,11-13H2,1H3. The molecule has 130 valence electrons. The quantitative estimate of drug-likeness (QED) is 0.587. The van der Waals surface area contributed by atoms with Gasteiger partial charge in [-0.15, -0.1) is 0 Å². The lowest BCUT2D eigenvalue weighted by Crippen LogP contribution is -2.15. The van der Waals surface area contributed by atoms with E-state index in [0.29, 0.717) is 19.6 Å². The van der Waals surface area contributed by atoms with Gasteiger partial charge in [-0.05, 0) is 52.7 Å². The molecule has 0 saturated heterocycles. The number of aryl methyl sites for hydroxylation is 1. The Balaban J connectivity index is 1.52. The molecule has 2 aromatic carbocycles. The Hall–Kier alpha value is -1.95. The molecule has 5 heteroatoms. The van der Waals surface area contributed by atoms with Crippen molar-refractivity contribution in [1.29, 1.82) is 0 Å². The molecule has 4 nitrogen and oxygen atoms in total. The monoisotopic (exact) mass is 401 g/mol. The van der Waals surface area contributed by atoms with Gasteiger partial charge >= 0.3 is 0 Å². The first kappa shape index (κ1) is 17.9. The van der Waals surface area contributed by atoms with Gasteiger partial charge in [0.25, 0.3) is 0 Å². The third kappa shape index (κ3) is 4.78. The van der Waals surface area contributed by atoms with Crippen molar-refractivity contribution in [3.63, 3.8) is 0 Å². The number of rotatable bonds is 7. The third-order valence-corrected chi connectivity index (χ3v) is 4.63. The van der Waals surface area contributed by atoms with Crippen LogP contribution in [0.25, 0.3) is 10.9 Å². The minimum Gasteiger partial charge on any atom is -0.492 e. The summed E-state index contributed by atoms with van der Waals surface area (Å²) in [7, 11) is 0. The Labute approximate surface area is 155 Å². The summed E-state index contributed by atoms with van der Waals surface area (Å²) >= 11 is 3.58. The highest BCUT2D eigenvalue weighted by molar-refractivity contribution is 9.10. The van der Waals surface area contributed by atoms with Crippen LogP contribution in [-0.2, 0) is 11.3 Å². The number of fused-ring (bicyclic) bond motifs is 1. The maximum Gasteiger partial charge on any atom is 0.158 e. The molecule has 0 aliphatic heterocycles. The third-order valence-electron chi connectivity index (χ3n) is 3.82. The molecule has 3 aromatic rings. The van der Waals surface area contributed by atoms with Crippen LogP contribution in [0, 0.1) is 6.92 Å². The van der Waals surface area contributed by atoms with Crippen LogP contribution >= 0.6 is 15.9 Å². The summed E-state index contributed by atoms with van der Waals surface area (Å²) < 4.78 is 12.1. The van der Waals surface area contributed by atoms with E-state index < -0.39 is 6.29 Å². The Morgan fingerprint density at radius 3 is 2.68 bits per heavy atom. The number of benzene rings is 2. The van der Waals surface area contributed by atoms with Gasteiger partial charge in [0.15, 0.2) is 6.29 Å². The van der Waals surface area contributed by atoms with E-state index >= 15 is 0 Å². The molecular formula is C20H20BrNO3. The number of nitrogens with zero attached hydrogens (tertiary/aromatic N) is 1. The predicted molar refractivity (Wildman–Crippen MR) is 102 cm³/mol. The summed E-state index contributed by atoms with van der Waals surface area (Å²) in [6, 6.07) is 17.6. The van der Waals surface area contributed by atoms with E-state index in [1.807, 2.05) is 61.5 Å². The van der Waals surface area contributed by atoms with E-state index in [1.165, 1.54) is 0 Å². The van der Waals surface area contributed by atoms with Crippen LogP contribution in [0.3, 0.4) is 0 Å². The predicted octanol–water partition coefficient (Wildman–Crippen LogP) is 4.61. The summed E-state index contributed by atoms with van der Waals surface area (Å²) in [5, 5.41) is 10.9. The zero-order valence-corrected chi connectivity index (χ0v) is 15.6. The number of hydrogen-bond acceptors (Lipinski definition) is 4. The Morgan fingerprint density at radius 1 is 1.08 bits per heavy atom. The second-order valence-corrected chi connectivity index (χ2v) is 6.58.